The summed E-state index contributed by atoms with van der Waals surface area (Å²) in [6.45, 7) is 7.25. The lowest BCUT2D eigenvalue weighted by Crippen LogP contribution is -2.42. The highest BCUT2D eigenvalue weighted by Crippen LogP contribution is 2.23. The maximum absolute atomic E-state index is 11.8. The van der Waals surface area contributed by atoms with Gasteiger partial charge in [0, 0.05) is 37.9 Å². The van der Waals surface area contributed by atoms with E-state index in [0.717, 1.165) is 13.1 Å². The number of hydrogen-bond donors (Lipinski definition) is 2. The fraction of sp³-hybridized carbons (Fsp3) is 0.643. The van der Waals surface area contributed by atoms with E-state index in [1.165, 1.54) is 5.69 Å². The lowest BCUT2D eigenvalue weighted by molar-refractivity contribution is 0.0504. The molecule has 1 aliphatic heterocycles. The summed E-state index contributed by atoms with van der Waals surface area (Å²) >= 11 is 0. The maximum Gasteiger partial charge on any atom is 0.407 e. The molecule has 2 atom stereocenters. The molecule has 0 saturated carbocycles. The normalized spacial score (nSPS) is 23.4. The number of nitrogens with zero attached hydrogens (tertiary/aromatic N) is 1. The molecule has 1 aromatic rings. The zero-order valence-electron chi connectivity index (χ0n) is 12.1. The fourth-order valence-corrected chi connectivity index (χ4v) is 2.46. The Bertz CT molecular complexity index is 448. The molecule has 1 amide bonds. The van der Waals surface area contributed by atoms with E-state index in [0.29, 0.717) is 0 Å². The third-order valence-electron chi connectivity index (χ3n) is 3.28. The predicted octanol–water partition coefficient (Wildman–Crippen LogP) is 1.61. The number of alkyl carbamates (subject to hydrolysis) is 1. The Balaban J connectivity index is 2.00. The average Bonchev–Trinajstić information content (AvgIpc) is 2.83. The molecule has 5 heteroatoms. The maximum atomic E-state index is 11.8. The minimum atomic E-state index is -0.462. The Morgan fingerprint density at radius 2 is 2.21 bits per heavy atom. The molecule has 0 spiro atoms. The quantitative estimate of drug-likeness (QED) is 0.854. The van der Waals surface area contributed by atoms with Crippen LogP contribution < -0.4 is 10.6 Å². The van der Waals surface area contributed by atoms with Crippen molar-refractivity contribution >= 4 is 6.09 Å². The largest absolute Gasteiger partial charge is 0.444 e. The number of ether oxygens (including phenoxy) is 1. The second-order valence-electron chi connectivity index (χ2n) is 6.06. The van der Waals surface area contributed by atoms with Crippen molar-refractivity contribution in [2.24, 2.45) is 7.05 Å². The minimum absolute atomic E-state index is 0.0726. The molecular formula is C14H23N3O2. The van der Waals surface area contributed by atoms with Crippen molar-refractivity contribution in [3.05, 3.63) is 24.0 Å². The number of aromatic nitrogens is 1. The van der Waals surface area contributed by atoms with Gasteiger partial charge in [-0.15, -0.1) is 0 Å². The molecule has 2 heterocycles. The van der Waals surface area contributed by atoms with Gasteiger partial charge in [-0.05, 0) is 32.9 Å². The fourth-order valence-electron chi connectivity index (χ4n) is 2.46. The van der Waals surface area contributed by atoms with Crippen LogP contribution in [0.5, 0.6) is 0 Å². The summed E-state index contributed by atoms with van der Waals surface area (Å²) in [7, 11) is 2.03. The molecular weight excluding hydrogens is 242 g/mol. The van der Waals surface area contributed by atoms with E-state index in [9.17, 15) is 4.79 Å². The Labute approximate surface area is 114 Å². The molecule has 1 aliphatic rings. The molecule has 1 fully saturated rings. The first-order valence-corrected chi connectivity index (χ1v) is 6.68. The van der Waals surface area contributed by atoms with Gasteiger partial charge >= 0.3 is 6.09 Å². The summed E-state index contributed by atoms with van der Waals surface area (Å²) in [6.07, 6.45) is 1.68. The molecule has 1 saturated heterocycles. The SMILES string of the molecule is Cn1cccc1[C@@H]1CNC[C@@H]1NC(=O)OC(C)(C)C. The summed E-state index contributed by atoms with van der Waals surface area (Å²) in [6, 6.07) is 4.20. The van der Waals surface area contributed by atoms with Crippen molar-refractivity contribution in [1.29, 1.82) is 0 Å². The summed E-state index contributed by atoms with van der Waals surface area (Å²) in [5.41, 5.74) is 0.766. The van der Waals surface area contributed by atoms with Crippen LogP contribution in [0, 0.1) is 0 Å². The van der Waals surface area contributed by atoms with Crippen molar-refractivity contribution in [3.63, 3.8) is 0 Å². The van der Waals surface area contributed by atoms with E-state index in [4.69, 9.17) is 4.74 Å². The van der Waals surface area contributed by atoms with Gasteiger partial charge in [0.1, 0.15) is 5.60 Å². The molecule has 19 heavy (non-hydrogen) atoms. The zero-order valence-corrected chi connectivity index (χ0v) is 12.1. The van der Waals surface area contributed by atoms with E-state index in [1.807, 2.05) is 40.1 Å². The summed E-state index contributed by atoms with van der Waals surface area (Å²) in [4.78, 5) is 11.8. The van der Waals surface area contributed by atoms with Crippen LogP contribution >= 0.6 is 0 Å². The number of amides is 1. The van der Waals surface area contributed by atoms with Gasteiger partial charge in [0.25, 0.3) is 0 Å². The van der Waals surface area contributed by atoms with Crippen LogP contribution in [0.3, 0.4) is 0 Å². The lowest BCUT2D eigenvalue weighted by Gasteiger charge is -2.24. The molecule has 5 nitrogen and oxygen atoms in total. The monoisotopic (exact) mass is 265 g/mol. The van der Waals surface area contributed by atoms with Crippen molar-refractivity contribution < 1.29 is 9.53 Å². The van der Waals surface area contributed by atoms with Gasteiger partial charge in [-0.3, -0.25) is 0 Å². The molecule has 0 aliphatic carbocycles. The van der Waals surface area contributed by atoms with Gasteiger partial charge in [-0.25, -0.2) is 4.79 Å². The number of nitrogens with one attached hydrogen (secondary N) is 2. The van der Waals surface area contributed by atoms with E-state index < -0.39 is 5.60 Å². The number of aryl methyl sites for hydroxylation is 1. The topological polar surface area (TPSA) is 55.3 Å². The highest BCUT2D eigenvalue weighted by molar-refractivity contribution is 5.68. The van der Waals surface area contributed by atoms with Crippen LogP contribution in [-0.4, -0.2) is 35.4 Å². The molecule has 2 rings (SSSR count). The standard InChI is InChI=1S/C14H23N3O2/c1-14(2,3)19-13(18)16-11-9-15-8-10(11)12-6-5-7-17(12)4/h5-7,10-11,15H,8-9H2,1-4H3,(H,16,18)/t10-,11+/m1/s1. The van der Waals surface area contributed by atoms with Crippen LogP contribution in [0.25, 0.3) is 0 Å². The van der Waals surface area contributed by atoms with E-state index >= 15 is 0 Å². The molecule has 1 aromatic heterocycles. The molecule has 0 unspecified atom stereocenters. The summed E-state index contributed by atoms with van der Waals surface area (Å²) in [5.74, 6) is 0.285. The van der Waals surface area contributed by atoms with Crippen LogP contribution in [0.15, 0.2) is 18.3 Å². The van der Waals surface area contributed by atoms with E-state index in [-0.39, 0.29) is 18.1 Å². The van der Waals surface area contributed by atoms with Crippen molar-refractivity contribution in [2.75, 3.05) is 13.1 Å². The van der Waals surface area contributed by atoms with Gasteiger partial charge in [0.2, 0.25) is 0 Å². The second kappa shape index (κ2) is 5.25. The van der Waals surface area contributed by atoms with Gasteiger partial charge in [0.05, 0.1) is 6.04 Å². The molecule has 2 N–H and O–H groups in total. The van der Waals surface area contributed by atoms with Crippen molar-refractivity contribution in [1.82, 2.24) is 15.2 Å². The number of carbonyl (C=O) groups is 1. The number of carbonyl (C=O) groups excluding carboxylic acids is 1. The first-order valence-electron chi connectivity index (χ1n) is 6.68. The van der Waals surface area contributed by atoms with Gasteiger partial charge < -0.3 is 19.9 Å². The predicted molar refractivity (Wildman–Crippen MR) is 74.2 cm³/mol. The van der Waals surface area contributed by atoms with Gasteiger partial charge in [0.15, 0.2) is 0 Å². The first kappa shape index (κ1) is 13.9. The van der Waals surface area contributed by atoms with Crippen molar-refractivity contribution in [3.8, 4) is 0 Å². The van der Waals surface area contributed by atoms with Gasteiger partial charge in [-0.1, -0.05) is 0 Å². The Kier molecular flexibility index (Phi) is 3.85. The van der Waals surface area contributed by atoms with Crippen LogP contribution in [0.2, 0.25) is 0 Å². The molecule has 0 bridgehead atoms. The van der Waals surface area contributed by atoms with Crippen molar-refractivity contribution in [2.45, 2.75) is 38.3 Å². The summed E-state index contributed by atoms with van der Waals surface area (Å²) in [5, 5.41) is 6.29. The molecule has 106 valence electrons. The lowest BCUT2D eigenvalue weighted by atomic mass is 10.00. The van der Waals surface area contributed by atoms with E-state index in [2.05, 4.69) is 21.3 Å². The highest BCUT2D eigenvalue weighted by atomic mass is 16.6. The number of rotatable bonds is 2. The Morgan fingerprint density at radius 1 is 1.47 bits per heavy atom. The highest BCUT2D eigenvalue weighted by Gasteiger charge is 2.32. The molecule has 0 aromatic carbocycles. The van der Waals surface area contributed by atoms with Crippen LogP contribution in [-0.2, 0) is 11.8 Å². The third kappa shape index (κ3) is 3.50. The first-order chi connectivity index (χ1) is 8.87. The van der Waals surface area contributed by atoms with Crippen LogP contribution in [0.1, 0.15) is 32.4 Å². The van der Waals surface area contributed by atoms with E-state index in [1.54, 1.807) is 0 Å². The third-order valence-corrected chi connectivity index (χ3v) is 3.28. The Hall–Kier alpha value is -1.49. The average molecular weight is 265 g/mol. The number of hydrogen-bond acceptors (Lipinski definition) is 3. The zero-order chi connectivity index (χ0) is 14.0. The second-order valence-corrected chi connectivity index (χ2v) is 6.06. The van der Waals surface area contributed by atoms with Gasteiger partial charge in [-0.2, -0.15) is 0 Å². The smallest absolute Gasteiger partial charge is 0.407 e. The molecule has 0 radical (unpaired) electrons. The summed E-state index contributed by atoms with van der Waals surface area (Å²) < 4.78 is 7.41. The minimum Gasteiger partial charge on any atom is -0.444 e. The Morgan fingerprint density at radius 3 is 2.79 bits per heavy atom. The van der Waals surface area contributed by atoms with Crippen LogP contribution in [0.4, 0.5) is 4.79 Å².